The van der Waals surface area contributed by atoms with E-state index in [0.717, 1.165) is 12.8 Å². The number of hydrogen-bond donors (Lipinski definition) is 0. The van der Waals surface area contributed by atoms with Crippen LogP contribution >= 0.6 is 11.3 Å². The van der Waals surface area contributed by atoms with E-state index >= 15 is 0 Å². The van der Waals surface area contributed by atoms with Crippen molar-refractivity contribution in [3.63, 3.8) is 0 Å². The highest BCUT2D eigenvalue weighted by molar-refractivity contribution is 7.19. The largest absolute Gasteiger partial charge is 0.382 e. The highest BCUT2D eigenvalue weighted by Gasteiger charge is 2.03. The second kappa shape index (κ2) is 4.98. The zero-order valence-corrected chi connectivity index (χ0v) is 10.9. The Morgan fingerprint density at radius 1 is 1.31 bits per heavy atom. The van der Waals surface area contributed by atoms with Gasteiger partial charge >= 0.3 is 0 Å². The summed E-state index contributed by atoms with van der Waals surface area (Å²) in [5, 5.41) is 1.37. The molecule has 0 aliphatic heterocycles. The smallest absolute Gasteiger partial charge is 0.0546 e. The molecule has 2 aromatic rings. The second-order valence-corrected chi connectivity index (χ2v) is 5.60. The van der Waals surface area contributed by atoms with Crippen LogP contribution in [0.3, 0.4) is 0 Å². The summed E-state index contributed by atoms with van der Waals surface area (Å²) in [4.78, 5) is 1.39. The quantitative estimate of drug-likeness (QED) is 0.771. The van der Waals surface area contributed by atoms with Crippen molar-refractivity contribution in [3.05, 3.63) is 34.7 Å². The summed E-state index contributed by atoms with van der Waals surface area (Å²) in [7, 11) is 1.77. The Hall–Kier alpha value is -0.860. The normalized spacial score (nSPS) is 13.2. The first-order chi connectivity index (χ1) is 7.69. The molecule has 1 nitrogen and oxygen atoms in total. The number of rotatable bonds is 4. The minimum absolute atomic E-state index is 0.348. The van der Waals surface area contributed by atoms with Crippen LogP contribution in [-0.2, 0) is 11.2 Å². The molecular weight excluding hydrogens is 216 g/mol. The molecule has 2 rings (SSSR count). The number of hydrogen-bond acceptors (Lipinski definition) is 2. The first-order valence-electron chi connectivity index (χ1n) is 5.71. The van der Waals surface area contributed by atoms with Gasteiger partial charge in [-0.3, -0.25) is 0 Å². The molecule has 0 bridgehead atoms. The number of aryl methyl sites for hydroxylation is 2. The van der Waals surface area contributed by atoms with Crippen molar-refractivity contribution in [2.24, 2.45) is 0 Å². The third-order valence-corrected chi connectivity index (χ3v) is 3.96. The molecule has 1 aromatic heterocycles. The van der Waals surface area contributed by atoms with E-state index in [9.17, 15) is 0 Å². The SMILES string of the molecule is COC(C)CCc1ccc2cc(C)sc2c1. The number of benzene rings is 1. The highest BCUT2D eigenvalue weighted by Crippen LogP contribution is 2.26. The molecule has 1 unspecified atom stereocenters. The highest BCUT2D eigenvalue weighted by atomic mass is 32.1. The van der Waals surface area contributed by atoms with E-state index in [-0.39, 0.29) is 0 Å². The summed E-state index contributed by atoms with van der Waals surface area (Å²) >= 11 is 1.88. The molecule has 0 N–H and O–H groups in total. The number of thiophene rings is 1. The van der Waals surface area contributed by atoms with E-state index in [4.69, 9.17) is 4.74 Å². The monoisotopic (exact) mass is 234 g/mol. The maximum atomic E-state index is 5.27. The van der Waals surface area contributed by atoms with E-state index in [0.29, 0.717) is 6.10 Å². The van der Waals surface area contributed by atoms with Crippen LogP contribution in [0.1, 0.15) is 23.8 Å². The van der Waals surface area contributed by atoms with Crippen LogP contribution in [0.4, 0.5) is 0 Å². The average molecular weight is 234 g/mol. The van der Waals surface area contributed by atoms with Crippen molar-refractivity contribution in [2.75, 3.05) is 7.11 Å². The zero-order chi connectivity index (χ0) is 11.5. The van der Waals surface area contributed by atoms with Gasteiger partial charge < -0.3 is 4.74 Å². The molecule has 0 saturated heterocycles. The molecule has 0 radical (unpaired) electrons. The van der Waals surface area contributed by atoms with Gasteiger partial charge in [0.1, 0.15) is 0 Å². The Morgan fingerprint density at radius 2 is 2.12 bits per heavy atom. The van der Waals surface area contributed by atoms with Gasteiger partial charge in [-0.05, 0) is 49.8 Å². The third kappa shape index (κ3) is 2.63. The Kier molecular flexibility index (Phi) is 3.62. The van der Waals surface area contributed by atoms with Crippen LogP contribution in [0.2, 0.25) is 0 Å². The molecule has 86 valence electrons. The van der Waals surface area contributed by atoms with Crippen molar-refractivity contribution in [3.8, 4) is 0 Å². The summed E-state index contributed by atoms with van der Waals surface area (Å²) < 4.78 is 6.67. The van der Waals surface area contributed by atoms with Crippen LogP contribution in [0, 0.1) is 6.92 Å². The molecule has 2 heteroatoms. The van der Waals surface area contributed by atoms with Gasteiger partial charge in [0, 0.05) is 16.7 Å². The van der Waals surface area contributed by atoms with Crippen molar-refractivity contribution in [2.45, 2.75) is 32.8 Å². The van der Waals surface area contributed by atoms with Gasteiger partial charge in [0.15, 0.2) is 0 Å². The van der Waals surface area contributed by atoms with E-state index in [2.05, 4.69) is 38.1 Å². The van der Waals surface area contributed by atoms with Crippen molar-refractivity contribution < 1.29 is 4.74 Å². The van der Waals surface area contributed by atoms with Gasteiger partial charge in [-0.2, -0.15) is 0 Å². The molecule has 0 aliphatic carbocycles. The van der Waals surface area contributed by atoms with Crippen LogP contribution in [0.15, 0.2) is 24.3 Å². The van der Waals surface area contributed by atoms with E-state index in [1.165, 1.54) is 20.5 Å². The summed E-state index contributed by atoms with van der Waals surface area (Å²) in [6.07, 6.45) is 2.54. The van der Waals surface area contributed by atoms with Gasteiger partial charge in [-0.25, -0.2) is 0 Å². The first-order valence-corrected chi connectivity index (χ1v) is 6.52. The minimum atomic E-state index is 0.348. The lowest BCUT2D eigenvalue weighted by Gasteiger charge is -2.08. The van der Waals surface area contributed by atoms with Crippen LogP contribution in [0.5, 0.6) is 0 Å². The summed E-state index contributed by atoms with van der Waals surface area (Å²) in [5.41, 5.74) is 1.42. The lowest BCUT2D eigenvalue weighted by Crippen LogP contribution is -2.05. The Morgan fingerprint density at radius 3 is 2.88 bits per heavy atom. The van der Waals surface area contributed by atoms with Gasteiger partial charge in [0.2, 0.25) is 0 Å². The van der Waals surface area contributed by atoms with Crippen LogP contribution < -0.4 is 0 Å². The molecule has 0 spiro atoms. The zero-order valence-electron chi connectivity index (χ0n) is 10.1. The maximum absolute atomic E-state index is 5.27. The molecule has 16 heavy (non-hydrogen) atoms. The van der Waals surface area contributed by atoms with Crippen LogP contribution in [-0.4, -0.2) is 13.2 Å². The fourth-order valence-corrected chi connectivity index (χ4v) is 2.84. The molecule has 0 fully saturated rings. The summed E-state index contributed by atoms with van der Waals surface area (Å²) in [6.45, 7) is 4.28. The van der Waals surface area contributed by atoms with Gasteiger partial charge in [-0.1, -0.05) is 12.1 Å². The van der Waals surface area contributed by atoms with Crippen molar-refractivity contribution in [1.29, 1.82) is 0 Å². The summed E-state index contributed by atoms with van der Waals surface area (Å²) in [5.74, 6) is 0. The topological polar surface area (TPSA) is 9.23 Å². The molecule has 0 saturated carbocycles. The summed E-state index contributed by atoms with van der Waals surface area (Å²) in [6, 6.07) is 9.03. The maximum Gasteiger partial charge on any atom is 0.0546 e. The molecule has 0 aliphatic rings. The molecule has 1 atom stereocenters. The molecule has 1 heterocycles. The third-order valence-electron chi connectivity index (χ3n) is 2.95. The average Bonchev–Trinajstić information content (AvgIpc) is 2.65. The first kappa shape index (κ1) is 11.6. The van der Waals surface area contributed by atoms with Gasteiger partial charge in [0.05, 0.1) is 6.10 Å². The van der Waals surface area contributed by atoms with E-state index in [1.54, 1.807) is 7.11 Å². The number of fused-ring (bicyclic) bond motifs is 1. The standard InChI is InChI=1S/C14H18OS/c1-10(15-3)4-5-12-6-7-13-8-11(2)16-14(13)9-12/h6-10H,4-5H2,1-3H3. The van der Waals surface area contributed by atoms with E-state index in [1.807, 2.05) is 11.3 Å². The Labute approximate surface area is 101 Å². The van der Waals surface area contributed by atoms with Gasteiger partial charge in [-0.15, -0.1) is 11.3 Å². The predicted molar refractivity (Wildman–Crippen MR) is 71.4 cm³/mol. The number of ether oxygens (including phenoxy) is 1. The predicted octanol–water partition coefficient (Wildman–Crippen LogP) is 4.18. The Balaban J connectivity index is 2.13. The Bertz CT molecular complexity index is 473. The second-order valence-electron chi connectivity index (χ2n) is 4.31. The molecule has 1 aromatic carbocycles. The van der Waals surface area contributed by atoms with Crippen molar-refractivity contribution in [1.82, 2.24) is 0 Å². The van der Waals surface area contributed by atoms with Crippen molar-refractivity contribution >= 4 is 21.4 Å². The molecular formula is C14H18OS. The van der Waals surface area contributed by atoms with Crippen LogP contribution in [0.25, 0.3) is 10.1 Å². The lowest BCUT2D eigenvalue weighted by molar-refractivity contribution is 0.111. The minimum Gasteiger partial charge on any atom is -0.382 e. The fourth-order valence-electron chi connectivity index (χ4n) is 1.85. The number of methoxy groups -OCH3 is 1. The lowest BCUT2D eigenvalue weighted by atomic mass is 10.1. The van der Waals surface area contributed by atoms with Gasteiger partial charge in [0.25, 0.3) is 0 Å². The van der Waals surface area contributed by atoms with E-state index < -0.39 is 0 Å². The molecule has 0 amide bonds. The fraction of sp³-hybridized carbons (Fsp3) is 0.429.